The van der Waals surface area contributed by atoms with Crippen molar-refractivity contribution in [2.24, 2.45) is 7.05 Å². The van der Waals surface area contributed by atoms with E-state index in [-0.39, 0.29) is 18.2 Å². The zero-order chi connectivity index (χ0) is 16.0. The Kier molecular flexibility index (Phi) is 3.25. The van der Waals surface area contributed by atoms with Crippen molar-refractivity contribution < 1.29 is 9.53 Å². The van der Waals surface area contributed by atoms with Gasteiger partial charge in [0.1, 0.15) is 11.9 Å². The number of urea groups is 1. The van der Waals surface area contributed by atoms with Crippen LogP contribution in [0.4, 0.5) is 10.5 Å². The van der Waals surface area contributed by atoms with Gasteiger partial charge in [-0.2, -0.15) is 5.10 Å². The highest BCUT2D eigenvalue weighted by Crippen LogP contribution is 2.42. The van der Waals surface area contributed by atoms with Gasteiger partial charge >= 0.3 is 6.03 Å². The van der Waals surface area contributed by atoms with Crippen LogP contribution in [0.25, 0.3) is 0 Å². The molecule has 2 atom stereocenters. The maximum absolute atomic E-state index is 12.4. The van der Waals surface area contributed by atoms with Crippen LogP contribution in [-0.4, -0.2) is 21.9 Å². The summed E-state index contributed by atoms with van der Waals surface area (Å²) in [4.78, 5) is 12.4. The van der Waals surface area contributed by atoms with E-state index in [9.17, 15) is 4.79 Å². The van der Waals surface area contributed by atoms with Gasteiger partial charge in [0.15, 0.2) is 0 Å². The predicted octanol–water partition coefficient (Wildman–Crippen LogP) is 2.94. The number of carbonyl (C=O) groups is 1. The summed E-state index contributed by atoms with van der Waals surface area (Å²) in [5.74, 6) is 1.33. The van der Waals surface area contributed by atoms with Crippen molar-refractivity contribution in [1.82, 2.24) is 15.1 Å². The van der Waals surface area contributed by atoms with Gasteiger partial charge in [0.05, 0.1) is 17.4 Å². The van der Waals surface area contributed by atoms with Gasteiger partial charge in [-0.15, -0.1) is 0 Å². The third kappa shape index (κ3) is 2.65. The number of anilines is 1. The lowest BCUT2D eigenvalue weighted by Crippen LogP contribution is -2.36. The molecule has 0 unspecified atom stereocenters. The highest BCUT2D eigenvalue weighted by atomic mass is 16.5. The minimum absolute atomic E-state index is 0.0880. The molecule has 2 heterocycles. The van der Waals surface area contributed by atoms with Crippen molar-refractivity contribution in [3.8, 4) is 5.75 Å². The fourth-order valence-corrected chi connectivity index (χ4v) is 3.12. The quantitative estimate of drug-likeness (QED) is 0.915. The Labute approximate surface area is 134 Å². The molecule has 1 aromatic carbocycles. The summed E-state index contributed by atoms with van der Waals surface area (Å²) in [5.41, 5.74) is 2.80. The molecule has 23 heavy (non-hydrogen) atoms. The molecular weight excluding hydrogens is 292 g/mol. The van der Waals surface area contributed by atoms with Crippen LogP contribution in [-0.2, 0) is 7.05 Å². The van der Waals surface area contributed by atoms with Gasteiger partial charge in [-0.25, -0.2) is 4.79 Å². The number of amides is 2. The van der Waals surface area contributed by atoms with Crippen LogP contribution >= 0.6 is 0 Å². The minimum Gasteiger partial charge on any atom is -0.488 e. The number of hydrogen-bond acceptors (Lipinski definition) is 3. The smallest absolute Gasteiger partial charge is 0.319 e. The van der Waals surface area contributed by atoms with Crippen LogP contribution in [0.5, 0.6) is 5.75 Å². The Bertz CT molecular complexity index is 751. The number of nitrogens with zero attached hydrogens (tertiary/aromatic N) is 2. The Hall–Kier alpha value is -2.50. The Morgan fingerprint density at radius 2 is 2.13 bits per heavy atom. The molecule has 0 spiro atoms. The van der Waals surface area contributed by atoms with Gasteiger partial charge in [-0.05, 0) is 25.8 Å². The number of ether oxygens (including phenoxy) is 1. The summed E-state index contributed by atoms with van der Waals surface area (Å²) >= 11 is 0. The van der Waals surface area contributed by atoms with Crippen LogP contribution in [0.2, 0.25) is 0 Å². The number of benzene rings is 1. The van der Waals surface area contributed by atoms with Crippen molar-refractivity contribution in [3.63, 3.8) is 0 Å². The molecule has 0 bridgehead atoms. The molecule has 2 amide bonds. The zero-order valence-electron chi connectivity index (χ0n) is 13.2. The Morgan fingerprint density at radius 1 is 1.35 bits per heavy atom. The first-order valence-electron chi connectivity index (χ1n) is 7.98. The number of fused-ring (bicyclic) bond motifs is 1. The average Bonchev–Trinajstić information content (AvgIpc) is 3.23. The van der Waals surface area contributed by atoms with Crippen molar-refractivity contribution in [2.75, 3.05) is 5.32 Å². The minimum atomic E-state index is -0.225. The molecule has 1 fully saturated rings. The fourth-order valence-electron chi connectivity index (χ4n) is 3.12. The number of para-hydroxylation sites is 1. The monoisotopic (exact) mass is 312 g/mol. The van der Waals surface area contributed by atoms with Crippen LogP contribution < -0.4 is 15.4 Å². The summed E-state index contributed by atoms with van der Waals surface area (Å²) in [6, 6.07) is 7.44. The lowest BCUT2D eigenvalue weighted by molar-refractivity contribution is 0.204. The first kappa shape index (κ1) is 14.1. The van der Waals surface area contributed by atoms with E-state index in [1.807, 2.05) is 44.4 Å². The average molecular weight is 312 g/mol. The van der Waals surface area contributed by atoms with Gasteiger partial charge in [0.25, 0.3) is 0 Å². The molecule has 6 nitrogen and oxygen atoms in total. The first-order valence-corrected chi connectivity index (χ1v) is 7.98. The molecule has 120 valence electrons. The number of rotatable bonds is 3. The van der Waals surface area contributed by atoms with Crippen LogP contribution in [0.3, 0.4) is 0 Å². The zero-order valence-corrected chi connectivity index (χ0v) is 13.2. The number of aryl methyl sites for hydroxylation is 1. The summed E-state index contributed by atoms with van der Waals surface area (Å²) < 4.78 is 7.54. The number of hydrogen-bond donors (Lipinski definition) is 2. The van der Waals surface area contributed by atoms with E-state index >= 15 is 0 Å². The highest BCUT2D eigenvalue weighted by molar-refractivity contribution is 5.90. The third-order valence-electron chi connectivity index (χ3n) is 4.39. The number of aromatic nitrogens is 2. The highest BCUT2D eigenvalue weighted by Gasteiger charge is 2.33. The molecule has 1 saturated carbocycles. The van der Waals surface area contributed by atoms with Gasteiger partial charge in [0, 0.05) is 24.7 Å². The van der Waals surface area contributed by atoms with E-state index in [2.05, 4.69) is 15.7 Å². The number of nitrogens with one attached hydrogen (secondary N) is 2. The second-order valence-corrected chi connectivity index (χ2v) is 6.31. The normalized spacial score (nSPS) is 22.3. The Morgan fingerprint density at radius 3 is 2.91 bits per heavy atom. The molecule has 1 aromatic heterocycles. The molecule has 2 aliphatic rings. The topological polar surface area (TPSA) is 68.2 Å². The number of carbonyl (C=O) groups excluding carboxylic acids is 1. The fraction of sp³-hybridized carbons (Fsp3) is 0.412. The van der Waals surface area contributed by atoms with Crippen molar-refractivity contribution in [2.45, 2.75) is 37.8 Å². The summed E-state index contributed by atoms with van der Waals surface area (Å²) in [6.45, 7) is 1.96. The molecular formula is C17H20N4O2. The van der Waals surface area contributed by atoms with Crippen LogP contribution in [0.1, 0.15) is 43.0 Å². The van der Waals surface area contributed by atoms with Gasteiger partial charge in [-0.1, -0.05) is 18.2 Å². The van der Waals surface area contributed by atoms with Crippen molar-refractivity contribution >= 4 is 11.7 Å². The standard InChI is InChI=1S/C17H20N4O2/c1-10-15(12-5-3-4-6-14(12)23-10)19-17(22)18-13-9-21(2)20-16(13)11-7-8-11/h3-6,9-11,15H,7-8H2,1-2H3,(H2,18,19,22)/t10-,15+/m0/s1. The van der Waals surface area contributed by atoms with Gasteiger partial charge < -0.3 is 15.4 Å². The molecule has 0 radical (unpaired) electrons. The molecule has 4 rings (SSSR count). The lowest BCUT2D eigenvalue weighted by atomic mass is 10.1. The first-order chi connectivity index (χ1) is 11.1. The van der Waals surface area contributed by atoms with Crippen molar-refractivity contribution in [3.05, 3.63) is 41.7 Å². The van der Waals surface area contributed by atoms with Crippen molar-refractivity contribution in [1.29, 1.82) is 0 Å². The molecule has 1 aliphatic carbocycles. The van der Waals surface area contributed by atoms with E-state index in [0.717, 1.165) is 35.5 Å². The summed E-state index contributed by atoms with van der Waals surface area (Å²) in [7, 11) is 1.87. The maximum Gasteiger partial charge on any atom is 0.319 e. The second kappa shape index (κ2) is 5.30. The van der Waals surface area contributed by atoms with E-state index < -0.39 is 0 Å². The van der Waals surface area contributed by atoms with Crippen LogP contribution in [0.15, 0.2) is 30.5 Å². The lowest BCUT2D eigenvalue weighted by Gasteiger charge is -2.17. The van der Waals surface area contributed by atoms with E-state index in [1.54, 1.807) is 4.68 Å². The van der Waals surface area contributed by atoms with Gasteiger partial charge in [-0.3, -0.25) is 4.68 Å². The molecule has 2 N–H and O–H groups in total. The molecule has 6 heteroatoms. The SMILES string of the molecule is C[C@@H]1Oc2ccccc2[C@@H]1NC(=O)Nc1cn(C)nc1C1CC1. The summed E-state index contributed by atoms with van der Waals surface area (Å²) in [6.07, 6.45) is 4.06. The summed E-state index contributed by atoms with van der Waals surface area (Å²) in [5, 5.41) is 10.4. The third-order valence-corrected chi connectivity index (χ3v) is 4.39. The van der Waals surface area contributed by atoms with E-state index in [1.165, 1.54) is 0 Å². The van der Waals surface area contributed by atoms with Crippen LogP contribution in [0, 0.1) is 0 Å². The largest absolute Gasteiger partial charge is 0.488 e. The molecule has 1 aliphatic heterocycles. The maximum atomic E-state index is 12.4. The predicted molar refractivity (Wildman–Crippen MR) is 86.6 cm³/mol. The van der Waals surface area contributed by atoms with Gasteiger partial charge in [0.2, 0.25) is 0 Å². The molecule has 0 saturated heterocycles. The second-order valence-electron chi connectivity index (χ2n) is 6.31. The van der Waals surface area contributed by atoms with E-state index in [4.69, 9.17) is 4.74 Å². The van der Waals surface area contributed by atoms with E-state index in [0.29, 0.717) is 5.92 Å². The Balaban J connectivity index is 1.48. The molecule has 2 aromatic rings.